The molecular formula is C17H24F2N2OS. The third-order valence-electron chi connectivity index (χ3n) is 5.03. The molecule has 1 aromatic rings. The Labute approximate surface area is 139 Å². The smallest absolute Gasteiger partial charge is 0.159 e. The molecule has 1 aliphatic carbocycles. The predicted molar refractivity (Wildman–Crippen MR) is 88.4 cm³/mol. The lowest BCUT2D eigenvalue weighted by molar-refractivity contribution is 0.163. The highest BCUT2D eigenvalue weighted by Crippen LogP contribution is 2.52. The highest BCUT2D eigenvalue weighted by atomic mass is 32.2. The maximum Gasteiger partial charge on any atom is 0.159 e. The zero-order chi connectivity index (χ0) is 16.8. The summed E-state index contributed by atoms with van der Waals surface area (Å²) >= 11 is -1.26. The minimum absolute atomic E-state index is 0.116. The van der Waals surface area contributed by atoms with Crippen molar-refractivity contribution in [3.05, 3.63) is 34.9 Å². The zero-order valence-electron chi connectivity index (χ0n) is 13.8. The van der Waals surface area contributed by atoms with Crippen LogP contribution in [-0.4, -0.2) is 22.4 Å². The highest BCUT2D eigenvalue weighted by Gasteiger charge is 2.49. The molecule has 0 bridgehead atoms. The molecule has 1 aromatic carbocycles. The predicted octanol–water partition coefficient (Wildman–Crippen LogP) is 2.98. The SMILES string of the molecule is CC(C)(C)[S@@+]([O-])N[C@@H]1c2cc(F)c(F)cc2CC12CCNCC2. The van der Waals surface area contributed by atoms with Crippen LogP contribution in [0.2, 0.25) is 0 Å². The number of benzene rings is 1. The number of hydrogen-bond donors (Lipinski definition) is 2. The van der Waals surface area contributed by atoms with Gasteiger partial charge in [-0.2, -0.15) is 0 Å². The van der Waals surface area contributed by atoms with Gasteiger partial charge in [0.2, 0.25) is 0 Å². The van der Waals surface area contributed by atoms with Crippen LogP contribution in [0.1, 0.15) is 50.8 Å². The molecule has 0 amide bonds. The fourth-order valence-electron chi connectivity index (χ4n) is 3.70. The molecule has 6 heteroatoms. The van der Waals surface area contributed by atoms with Gasteiger partial charge < -0.3 is 9.87 Å². The van der Waals surface area contributed by atoms with E-state index in [1.165, 1.54) is 12.1 Å². The standard InChI is InChI=1S/C17H24F2N2OS/c1-16(2,3)23(22)21-15-12-9-14(19)13(18)8-11(12)10-17(15)4-6-20-7-5-17/h8-9,15,20-21H,4-7,10H2,1-3H3/t15-,23-/m1/s1. The molecule has 0 saturated carbocycles. The van der Waals surface area contributed by atoms with Crippen LogP contribution in [0.15, 0.2) is 12.1 Å². The first-order valence-corrected chi connectivity index (χ1v) is 9.24. The molecular weight excluding hydrogens is 318 g/mol. The van der Waals surface area contributed by atoms with Crippen LogP contribution in [0.3, 0.4) is 0 Å². The Kier molecular flexibility index (Phi) is 4.46. The maximum atomic E-state index is 13.8. The third-order valence-corrected chi connectivity index (χ3v) is 6.59. The van der Waals surface area contributed by atoms with Crippen molar-refractivity contribution in [2.45, 2.75) is 50.8 Å². The Morgan fingerprint density at radius 3 is 2.43 bits per heavy atom. The van der Waals surface area contributed by atoms with Gasteiger partial charge in [-0.15, -0.1) is 4.72 Å². The molecule has 0 unspecified atom stereocenters. The largest absolute Gasteiger partial charge is 0.598 e. The molecule has 2 aliphatic rings. The normalized spacial score (nSPS) is 24.7. The molecule has 1 saturated heterocycles. The molecule has 0 aromatic heterocycles. The van der Waals surface area contributed by atoms with Crippen molar-refractivity contribution < 1.29 is 13.3 Å². The van der Waals surface area contributed by atoms with E-state index in [9.17, 15) is 13.3 Å². The van der Waals surface area contributed by atoms with Gasteiger partial charge in [0.25, 0.3) is 0 Å². The van der Waals surface area contributed by atoms with Gasteiger partial charge in [0, 0.05) is 16.8 Å². The number of hydrogen-bond acceptors (Lipinski definition) is 3. The van der Waals surface area contributed by atoms with Crippen LogP contribution in [0.25, 0.3) is 0 Å². The molecule has 1 heterocycles. The van der Waals surface area contributed by atoms with E-state index in [1.807, 2.05) is 20.8 Å². The summed E-state index contributed by atoms with van der Waals surface area (Å²) in [4.78, 5) is 0. The lowest BCUT2D eigenvalue weighted by Gasteiger charge is -2.40. The second kappa shape index (κ2) is 5.99. The molecule has 3 nitrogen and oxygen atoms in total. The highest BCUT2D eigenvalue weighted by molar-refractivity contribution is 7.90. The monoisotopic (exact) mass is 342 g/mol. The molecule has 2 N–H and O–H groups in total. The molecule has 1 fully saturated rings. The van der Waals surface area contributed by atoms with Crippen LogP contribution in [-0.2, 0) is 17.8 Å². The maximum absolute atomic E-state index is 13.8. The fourth-order valence-corrected chi connectivity index (χ4v) is 4.64. The van der Waals surface area contributed by atoms with E-state index in [2.05, 4.69) is 10.0 Å². The van der Waals surface area contributed by atoms with E-state index < -0.39 is 27.7 Å². The summed E-state index contributed by atoms with van der Waals surface area (Å²) in [6.45, 7) is 7.48. The van der Waals surface area contributed by atoms with Crippen LogP contribution in [0, 0.1) is 17.0 Å². The van der Waals surface area contributed by atoms with Crippen molar-refractivity contribution in [1.29, 1.82) is 0 Å². The van der Waals surface area contributed by atoms with E-state index in [0.29, 0.717) is 6.42 Å². The number of halogens is 2. The van der Waals surface area contributed by atoms with Gasteiger partial charge in [0.05, 0.1) is 6.04 Å². The minimum Gasteiger partial charge on any atom is -0.598 e. The van der Waals surface area contributed by atoms with Gasteiger partial charge in [0.15, 0.2) is 11.6 Å². The van der Waals surface area contributed by atoms with E-state index in [-0.39, 0.29) is 11.5 Å². The van der Waals surface area contributed by atoms with Crippen molar-refractivity contribution in [1.82, 2.24) is 10.0 Å². The van der Waals surface area contributed by atoms with Gasteiger partial charge in [-0.3, -0.25) is 0 Å². The molecule has 1 aliphatic heterocycles. The Morgan fingerprint density at radius 2 is 1.83 bits per heavy atom. The Hall–Kier alpha value is -0.690. The van der Waals surface area contributed by atoms with Gasteiger partial charge >= 0.3 is 0 Å². The summed E-state index contributed by atoms with van der Waals surface area (Å²) in [5, 5.41) is 3.34. The summed E-state index contributed by atoms with van der Waals surface area (Å²) in [7, 11) is 0. The average Bonchev–Trinajstić information content (AvgIpc) is 2.73. The first-order valence-electron chi connectivity index (χ1n) is 8.09. The first kappa shape index (κ1) is 17.1. The average molecular weight is 342 g/mol. The van der Waals surface area contributed by atoms with E-state index in [4.69, 9.17) is 0 Å². The van der Waals surface area contributed by atoms with Crippen LogP contribution >= 0.6 is 0 Å². The second-order valence-electron chi connectivity index (χ2n) is 7.69. The third kappa shape index (κ3) is 3.14. The number of rotatable bonds is 2. The van der Waals surface area contributed by atoms with Gasteiger partial charge in [-0.05, 0) is 76.4 Å². The van der Waals surface area contributed by atoms with Crippen molar-refractivity contribution in [3.8, 4) is 0 Å². The van der Waals surface area contributed by atoms with Crippen LogP contribution < -0.4 is 10.0 Å². The Morgan fingerprint density at radius 1 is 1.22 bits per heavy atom. The molecule has 128 valence electrons. The summed E-state index contributed by atoms with van der Waals surface area (Å²) in [6, 6.07) is 2.41. The molecule has 3 rings (SSSR count). The van der Waals surface area contributed by atoms with Gasteiger partial charge in [-0.25, -0.2) is 8.78 Å². The van der Waals surface area contributed by atoms with Crippen molar-refractivity contribution in [2.24, 2.45) is 5.41 Å². The first-order chi connectivity index (χ1) is 10.7. The minimum atomic E-state index is -1.26. The Bertz CT molecular complexity index is 597. The molecule has 23 heavy (non-hydrogen) atoms. The van der Waals surface area contributed by atoms with Crippen molar-refractivity contribution >= 4 is 11.4 Å². The summed E-state index contributed by atoms with van der Waals surface area (Å²) in [6.07, 6.45) is 2.52. The van der Waals surface area contributed by atoms with Gasteiger partial charge in [0.1, 0.15) is 4.75 Å². The summed E-state index contributed by atoms with van der Waals surface area (Å²) in [5.41, 5.74) is 1.49. The van der Waals surface area contributed by atoms with Crippen molar-refractivity contribution in [3.63, 3.8) is 0 Å². The van der Waals surface area contributed by atoms with E-state index in [1.54, 1.807) is 0 Å². The van der Waals surface area contributed by atoms with Crippen LogP contribution in [0.5, 0.6) is 0 Å². The number of fused-ring (bicyclic) bond motifs is 1. The second-order valence-corrected chi connectivity index (χ2v) is 9.68. The van der Waals surface area contributed by atoms with E-state index in [0.717, 1.165) is 37.1 Å². The molecule has 2 atom stereocenters. The fraction of sp³-hybridized carbons (Fsp3) is 0.647. The van der Waals surface area contributed by atoms with Crippen LogP contribution in [0.4, 0.5) is 8.78 Å². The number of nitrogens with one attached hydrogen (secondary N) is 2. The molecule has 1 spiro atoms. The summed E-state index contributed by atoms with van der Waals surface area (Å²) < 4.78 is 42.9. The lowest BCUT2D eigenvalue weighted by atomic mass is 9.73. The van der Waals surface area contributed by atoms with Crippen molar-refractivity contribution in [2.75, 3.05) is 13.1 Å². The quantitative estimate of drug-likeness (QED) is 0.813. The lowest BCUT2D eigenvalue weighted by Crippen LogP contribution is -2.48. The topological polar surface area (TPSA) is 47.1 Å². The van der Waals surface area contributed by atoms with Gasteiger partial charge in [-0.1, -0.05) is 0 Å². The Balaban J connectivity index is 1.99. The summed E-state index contributed by atoms with van der Waals surface area (Å²) in [5.74, 6) is -1.63. The molecule has 0 radical (unpaired) electrons. The van der Waals surface area contributed by atoms with E-state index >= 15 is 0 Å². The number of piperidine rings is 1. The zero-order valence-corrected chi connectivity index (χ0v) is 14.7.